The average molecular weight is 410 g/mol. The number of aromatic nitrogens is 2. The van der Waals surface area contributed by atoms with E-state index in [9.17, 15) is 18.0 Å². The smallest absolute Gasteiger partial charge is 0.416 e. The van der Waals surface area contributed by atoms with E-state index in [1.807, 2.05) is 6.92 Å². The molecule has 1 aliphatic carbocycles. The fourth-order valence-corrected chi connectivity index (χ4v) is 4.38. The second-order valence-corrected chi connectivity index (χ2v) is 8.52. The summed E-state index contributed by atoms with van der Waals surface area (Å²) in [4.78, 5) is 17.2. The van der Waals surface area contributed by atoms with Crippen LogP contribution in [0.15, 0.2) is 18.2 Å². The Morgan fingerprint density at radius 1 is 1.31 bits per heavy atom. The first-order chi connectivity index (χ1) is 13.6. The van der Waals surface area contributed by atoms with Crippen LogP contribution in [0.5, 0.6) is 0 Å². The fourth-order valence-electron chi connectivity index (χ4n) is 4.38. The molecule has 2 aromatic rings. The molecule has 160 valence electrons. The lowest BCUT2D eigenvalue weighted by Crippen LogP contribution is -2.36. The molecule has 0 bridgehead atoms. The summed E-state index contributed by atoms with van der Waals surface area (Å²) in [5.41, 5.74) is 0.0168. The number of hydrogen-bond acceptors (Lipinski definition) is 3. The number of carbonyl (C=O) groups excluding carboxylic acids is 1. The van der Waals surface area contributed by atoms with E-state index in [1.54, 1.807) is 4.57 Å². The summed E-state index contributed by atoms with van der Waals surface area (Å²) >= 11 is 0. The molecule has 29 heavy (non-hydrogen) atoms. The third-order valence-electron chi connectivity index (χ3n) is 6.00. The molecule has 0 N–H and O–H groups in total. The van der Waals surface area contributed by atoms with E-state index in [4.69, 9.17) is 4.74 Å². The Labute approximate surface area is 169 Å². The van der Waals surface area contributed by atoms with Crippen LogP contribution in [0.25, 0.3) is 11.0 Å². The Kier molecular flexibility index (Phi) is 6.24. The second kappa shape index (κ2) is 8.36. The van der Waals surface area contributed by atoms with Gasteiger partial charge in [0, 0.05) is 6.42 Å². The lowest BCUT2D eigenvalue weighted by Gasteiger charge is -2.36. The summed E-state index contributed by atoms with van der Waals surface area (Å²) < 4.78 is 46.8. The van der Waals surface area contributed by atoms with Gasteiger partial charge in [-0.05, 0) is 48.8 Å². The van der Waals surface area contributed by atoms with Gasteiger partial charge in [0.25, 0.3) is 0 Å². The number of rotatable bonds is 5. The van der Waals surface area contributed by atoms with Crippen molar-refractivity contribution in [3.8, 4) is 0 Å². The largest absolute Gasteiger partial charge is 0.461 e. The van der Waals surface area contributed by atoms with E-state index >= 15 is 0 Å². The molecule has 4 nitrogen and oxygen atoms in total. The Bertz CT molecular complexity index is 873. The molecule has 1 fully saturated rings. The molecule has 1 heterocycles. The number of aryl methyl sites for hydroxylation is 1. The SMILES string of the molecule is CCc1nc2ccc(C(F)(F)F)cc2n1CC(=O)O[C@@H]1CC(C)CCC1C(C)C. The van der Waals surface area contributed by atoms with Crippen molar-refractivity contribution in [1.29, 1.82) is 0 Å². The van der Waals surface area contributed by atoms with Gasteiger partial charge in [-0.15, -0.1) is 0 Å². The summed E-state index contributed by atoms with van der Waals surface area (Å²) in [6.45, 7) is 8.17. The molecule has 7 heteroatoms. The first-order valence-corrected chi connectivity index (χ1v) is 10.4. The normalized spacial score (nSPS) is 23.0. The molecule has 1 aliphatic rings. The maximum absolute atomic E-state index is 13.1. The Hall–Kier alpha value is -2.05. The zero-order chi connectivity index (χ0) is 21.3. The summed E-state index contributed by atoms with van der Waals surface area (Å²) in [6.07, 6.45) is -1.09. The van der Waals surface area contributed by atoms with Crippen LogP contribution in [0.3, 0.4) is 0 Å². The molecule has 1 saturated carbocycles. The van der Waals surface area contributed by atoms with E-state index in [-0.39, 0.29) is 12.6 Å². The number of ether oxygens (including phenoxy) is 1. The highest BCUT2D eigenvalue weighted by molar-refractivity contribution is 5.80. The van der Waals surface area contributed by atoms with Crippen LogP contribution >= 0.6 is 0 Å². The molecular weight excluding hydrogens is 381 g/mol. The minimum atomic E-state index is -4.45. The zero-order valence-corrected chi connectivity index (χ0v) is 17.4. The second-order valence-electron chi connectivity index (χ2n) is 8.52. The summed E-state index contributed by atoms with van der Waals surface area (Å²) in [5.74, 6) is 1.39. The molecule has 0 saturated heterocycles. The molecule has 0 amide bonds. The number of carbonyl (C=O) groups is 1. The first kappa shape index (κ1) is 21.7. The van der Waals surface area contributed by atoms with Crippen LogP contribution < -0.4 is 0 Å². The van der Waals surface area contributed by atoms with E-state index < -0.39 is 17.7 Å². The molecule has 3 rings (SSSR count). The van der Waals surface area contributed by atoms with Crippen molar-refractivity contribution in [2.24, 2.45) is 17.8 Å². The van der Waals surface area contributed by atoms with E-state index in [0.717, 1.165) is 31.4 Å². The summed E-state index contributed by atoms with van der Waals surface area (Å²) in [7, 11) is 0. The van der Waals surface area contributed by atoms with Crippen molar-refractivity contribution in [1.82, 2.24) is 9.55 Å². The summed E-state index contributed by atoms with van der Waals surface area (Å²) in [6, 6.07) is 3.44. The van der Waals surface area contributed by atoms with Gasteiger partial charge >= 0.3 is 12.1 Å². The van der Waals surface area contributed by atoms with Crippen molar-refractivity contribution < 1.29 is 22.7 Å². The van der Waals surface area contributed by atoms with Crippen LogP contribution in [0, 0.1) is 17.8 Å². The minimum absolute atomic E-state index is 0.128. The topological polar surface area (TPSA) is 44.1 Å². The molecule has 0 spiro atoms. The van der Waals surface area contributed by atoms with Gasteiger partial charge in [-0.1, -0.05) is 34.1 Å². The van der Waals surface area contributed by atoms with E-state index in [2.05, 4.69) is 25.8 Å². The highest BCUT2D eigenvalue weighted by Crippen LogP contribution is 2.36. The predicted octanol–water partition coefficient (Wildman–Crippen LogP) is 5.62. The Morgan fingerprint density at radius 2 is 2.03 bits per heavy atom. The lowest BCUT2D eigenvalue weighted by atomic mass is 9.75. The number of nitrogens with zero attached hydrogens (tertiary/aromatic N) is 2. The highest BCUT2D eigenvalue weighted by atomic mass is 19.4. The quantitative estimate of drug-likeness (QED) is 0.601. The standard InChI is InChI=1S/C22H29F3N2O2/c1-5-20-26-17-9-7-15(22(23,24)25)11-18(17)27(20)12-21(28)29-19-10-14(4)6-8-16(19)13(2)3/h7,9,11,13-14,16,19H,5-6,8,10,12H2,1-4H3/t14?,16?,19-/m1/s1. The first-order valence-electron chi connectivity index (χ1n) is 10.4. The molecule has 3 atom stereocenters. The number of imidazole rings is 1. The van der Waals surface area contributed by atoms with Crippen LogP contribution in [-0.2, 0) is 28.7 Å². The number of benzene rings is 1. The Balaban J connectivity index is 1.85. The third kappa shape index (κ3) is 4.75. The molecule has 0 radical (unpaired) electrons. The summed E-state index contributed by atoms with van der Waals surface area (Å²) in [5, 5.41) is 0. The van der Waals surface area contributed by atoms with Crippen molar-refractivity contribution in [3.63, 3.8) is 0 Å². The van der Waals surface area contributed by atoms with Crippen molar-refractivity contribution in [3.05, 3.63) is 29.6 Å². The highest BCUT2D eigenvalue weighted by Gasteiger charge is 2.34. The number of alkyl halides is 3. The van der Waals surface area contributed by atoms with Gasteiger partial charge < -0.3 is 9.30 Å². The lowest BCUT2D eigenvalue weighted by molar-refractivity contribution is -0.156. The number of fused-ring (bicyclic) bond motifs is 1. The molecule has 1 aromatic heterocycles. The van der Waals surface area contributed by atoms with Crippen LogP contribution in [-0.4, -0.2) is 21.6 Å². The van der Waals surface area contributed by atoms with Gasteiger partial charge in [0.05, 0.1) is 16.6 Å². The number of hydrogen-bond donors (Lipinski definition) is 0. The monoisotopic (exact) mass is 410 g/mol. The zero-order valence-electron chi connectivity index (χ0n) is 17.4. The van der Waals surface area contributed by atoms with Gasteiger partial charge in [0.2, 0.25) is 0 Å². The molecule has 0 aliphatic heterocycles. The van der Waals surface area contributed by atoms with Crippen molar-refractivity contribution >= 4 is 17.0 Å². The van der Waals surface area contributed by atoms with Crippen molar-refractivity contribution in [2.45, 2.75) is 72.2 Å². The maximum atomic E-state index is 13.1. The van der Waals surface area contributed by atoms with Crippen molar-refractivity contribution in [2.75, 3.05) is 0 Å². The number of esters is 1. The number of halogens is 3. The third-order valence-corrected chi connectivity index (χ3v) is 6.00. The van der Waals surface area contributed by atoms with Gasteiger partial charge in [-0.2, -0.15) is 13.2 Å². The van der Waals surface area contributed by atoms with Gasteiger partial charge in [0.1, 0.15) is 18.5 Å². The minimum Gasteiger partial charge on any atom is -0.461 e. The maximum Gasteiger partial charge on any atom is 0.416 e. The van der Waals surface area contributed by atoms with Gasteiger partial charge in [-0.3, -0.25) is 4.79 Å². The van der Waals surface area contributed by atoms with E-state index in [1.165, 1.54) is 6.07 Å². The molecule has 2 unspecified atom stereocenters. The van der Waals surface area contributed by atoms with Crippen LogP contribution in [0.1, 0.15) is 58.3 Å². The average Bonchev–Trinajstić information content (AvgIpc) is 2.97. The van der Waals surface area contributed by atoms with Crippen LogP contribution in [0.4, 0.5) is 13.2 Å². The van der Waals surface area contributed by atoms with Gasteiger partial charge in [0.15, 0.2) is 0 Å². The Morgan fingerprint density at radius 3 is 2.66 bits per heavy atom. The molecular formula is C22H29F3N2O2. The predicted molar refractivity (Wildman–Crippen MR) is 105 cm³/mol. The van der Waals surface area contributed by atoms with Gasteiger partial charge in [-0.25, -0.2) is 4.98 Å². The van der Waals surface area contributed by atoms with E-state index in [0.29, 0.717) is 41.0 Å². The molecule has 1 aromatic carbocycles. The van der Waals surface area contributed by atoms with Crippen LogP contribution in [0.2, 0.25) is 0 Å². The fraction of sp³-hybridized carbons (Fsp3) is 0.636.